The molecule has 0 aliphatic carbocycles. The molecule has 66 valence electrons. The maximum absolute atomic E-state index is 3.79. The van der Waals surface area contributed by atoms with Crippen LogP contribution in [0.15, 0.2) is 0 Å². The van der Waals surface area contributed by atoms with Crippen molar-refractivity contribution in [3.05, 3.63) is 13.2 Å². The van der Waals surface area contributed by atoms with E-state index in [2.05, 4.69) is 13.2 Å². The van der Waals surface area contributed by atoms with Gasteiger partial charge in [-0.05, 0) is 12.2 Å². The fraction of sp³-hybridized carbons (Fsp3) is 0.750. The second-order valence-electron chi connectivity index (χ2n) is 1.99. The summed E-state index contributed by atoms with van der Waals surface area (Å²) >= 11 is 5.71. The molecule has 0 aromatic carbocycles. The van der Waals surface area contributed by atoms with Crippen molar-refractivity contribution in [1.82, 2.24) is 0 Å². The Hall–Kier alpha value is 1.05. The number of hydrogen-bond acceptors (Lipinski definition) is 3. The van der Waals surface area contributed by atoms with Gasteiger partial charge in [0.1, 0.15) is 0 Å². The second-order valence-corrected chi connectivity index (χ2v) is 5.25. The van der Waals surface area contributed by atoms with Crippen LogP contribution in [0.5, 0.6) is 0 Å². The van der Waals surface area contributed by atoms with E-state index in [0.717, 1.165) is 6.42 Å². The first-order valence-electron chi connectivity index (χ1n) is 3.73. The Morgan fingerprint density at radius 3 is 1.91 bits per heavy atom. The number of thioether (sulfide) groups is 3. The zero-order valence-electron chi connectivity index (χ0n) is 6.88. The summed E-state index contributed by atoms with van der Waals surface area (Å²) in [4.78, 5) is 0. The lowest BCUT2D eigenvalue weighted by atomic mass is 10.6. The third kappa shape index (κ3) is 11.0. The van der Waals surface area contributed by atoms with Gasteiger partial charge in [-0.25, -0.2) is 0 Å². The largest absolute Gasteiger partial charge is 0.161 e. The Balaban J connectivity index is 2.69. The number of rotatable bonds is 8. The highest BCUT2D eigenvalue weighted by atomic mass is 32.2. The van der Waals surface area contributed by atoms with Gasteiger partial charge < -0.3 is 0 Å². The Bertz CT molecular complexity index is 58.4. The zero-order valence-corrected chi connectivity index (χ0v) is 9.33. The average molecular weight is 208 g/mol. The van der Waals surface area contributed by atoms with Crippen LogP contribution in [0.2, 0.25) is 0 Å². The minimum absolute atomic E-state index is 1.06. The van der Waals surface area contributed by atoms with E-state index in [9.17, 15) is 0 Å². The van der Waals surface area contributed by atoms with Crippen LogP contribution in [0.4, 0.5) is 0 Å². The van der Waals surface area contributed by atoms with E-state index in [0.29, 0.717) is 0 Å². The minimum atomic E-state index is 1.06. The molecule has 0 aliphatic heterocycles. The summed E-state index contributed by atoms with van der Waals surface area (Å²) in [6.45, 7) is 3.79. The monoisotopic (exact) mass is 208 g/mol. The lowest BCUT2D eigenvalue weighted by Crippen LogP contribution is -1.89. The van der Waals surface area contributed by atoms with Crippen molar-refractivity contribution >= 4 is 35.3 Å². The minimum Gasteiger partial charge on any atom is -0.161 e. The molecular weight excluding hydrogens is 192 g/mol. The molecule has 11 heavy (non-hydrogen) atoms. The van der Waals surface area contributed by atoms with Crippen LogP contribution in [0, 0.1) is 13.2 Å². The van der Waals surface area contributed by atoms with E-state index < -0.39 is 0 Å². The molecule has 0 amide bonds. The third-order valence-electron chi connectivity index (χ3n) is 1.03. The molecule has 0 heterocycles. The van der Waals surface area contributed by atoms with Crippen LogP contribution < -0.4 is 0 Å². The molecule has 0 aromatic heterocycles. The van der Waals surface area contributed by atoms with Crippen LogP contribution in [-0.2, 0) is 0 Å². The summed E-state index contributed by atoms with van der Waals surface area (Å²) in [6, 6.07) is 0. The fourth-order valence-corrected chi connectivity index (χ4v) is 3.04. The summed E-state index contributed by atoms with van der Waals surface area (Å²) in [5.41, 5.74) is 0. The van der Waals surface area contributed by atoms with Gasteiger partial charge in [0.2, 0.25) is 0 Å². The summed E-state index contributed by atoms with van der Waals surface area (Å²) in [5, 5.41) is 0. The van der Waals surface area contributed by atoms with Crippen LogP contribution in [0.3, 0.4) is 0 Å². The van der Waals surface area contributed by atoms with Gasteiger partial charge in [-0.3, -0.25) is 0 Å². The van der Waals surface area contributed by atoms with Gasteiger partial charge in [-0.15, -0.1) is 0 Å². The Kier molecular flexibility index (Phi) is 12.1. The van der Waals surface area contributed by atoms with E-state index >= 15 is 0 Å². The van der Waals surface area contributed by atoms with Gasteiger partial charge in [0, 0.05) is 29.3 Å². The van der Waals surface area contributed by atoms with E-state index in [1.54, 1.807) is 11.8 Å². The van der Waals surface area contributed by atoms with Gasteiger partial charge in [0.05, 0.1) is 0 Å². The molecule has 3 heteroatoms. The molecule has 0 N–H and O–H groups in total. The summed E-state index contributed by atoms with van der Waals surface area (Å²) in [7, 11) is 0. The molecule has 0 unspecified atom stereocenters. The lowest BCUT2D eigenvalue weighted by molar-refractivity contribution is 1.24. The Morgan fingerprint density at radius 2 is 1.36 bits per heavy atom. The lowest BCUT2D eigenvalue weighted by Gasteiger charge is -1.99. The smallest absolute Gasteiger partial charge is 0.00238 e. The molecule has 0 bridgehead atoms. The molecule has 0 saturated carbocycles. The van der Waals surface area contributed by atoms with Gasteiger partial charge >= 0.3 is 0 Å². The maximum atomic E-state index is 3.79. The third-order valence-corrected chi connectivity index (χ3v) is 4.10. The number of hydrogen-bond donors (Lipinski definition) is 0. The van der Waals surface area contributed by atoms with Crippen molar-refractivity contribution in [3.8, 4) is 0 Å². The molecule has 0 rings (SSSR count). The molecule has 0 atom stereocenters. The molecular formula is C8H16S3. The fourth-order valence-electron chi connectivity index (χ4n) is 0.542. The average Bonchev–Trinajstić information content (AvgIpc) is 2.03. The maximum Gasteiger partial charge on any atom is 0.00238 e. The van der Waals surface area contributed by atoms with Gasteiger partial charge in [-0.1, -0.05) is 6.92 Å². The molecule has 0 aromatic rings. The van der Waals surface area contributed by atoms with Gasteiger partial charge in [0.25, 0.3) is 0 Å². The summed E-state index contributed by atoms with van der Waals surface area (Å²) in [5.74, 6) is 6.21. The SMILES string of the molecule is [CH2]CCSCCSCCS[CH2]. The van der Waals surface area contributed by atoms with E-state index in [4.69, 9.17) is 0 Å². The first kappa shape index (κ1) is 12.0. The van der Waals surface area contributed by atoms with E-state index in [1.165, 1.54) is 28.8 Å². The Labute approximate surface area is 83.7 Å². The molecule has 2 radical (unpaired) electrons. The predicted octanol–water partition coefficient (Wildman–Crippen LogP) is 3.20. The van der Waals surface area contributed by atoms with Gasteiger partial charge in [-0.2, -0.15) is 35.3 Å². The van der Waals surface area contributed by atoms with Crippen molar-refractivity contribution in [2.45, 2.75) is 6.42 Å². The zero-order chi connectivity index (χ0) is 8.36. The van der Waals surface area contributed by atoms with Crippen LogP contribution in [0.25, 0.3) is 0 Å². The van der Waals surface area contributed by atoms with E-state index in [-0.39, 0.29) is 0 Å². The first-order valence-corrected chi connectivity index (χ1v) is 7.20. The van der Waals surface area contributed by atoms with Crippen molar-refractivity contribution in [3.63, 3.8) is 0 Å². The second kappa shape index (κ2) is 11.1. The predicted molar refractivity (Wildman–Crippen MR) is 62.4 cm³/mol. The quantitative estimate of drug-likeness (QED) is 0.562. The normalized spacial score (nSPS) is 10.4. The molecule has 0 fully saturated rings. The van der Waals surface area contributed by atoms with Crippen molar-refractivity contribution in [2.24, 2.45) is 0 Å². The highest BCUT2D eigenvalue weighted by molar-refractivity contribution is 8.04. The van der Waals surface area contributed by atoms with Gasteiger partial charge in [0.15, 0.2) is 0 Å². The summed E-state index contributed by atoms with van der Waals surface area (Å²) < 4.78 is 0. The highest BCUT2D eigenvalue weighted by Crippen LogP contribution is 2.09. The van der Waals surface area contributed by atoms with Crippen LogP contribution in [-0.4, -0.2) is 28.8 Å². The van der Waals surface area contributed by atoms with Crippen molar-refractivity contribution < 1.29 is 0 Å². The molecule has 0 nitrogen and oxygen atoms in total. The van der Waals surface area contributed by atoms with Crippen LogP contribution in [0.1, 0.15) is 6.42 Å². The summed E-state index contributed by atoms with van der Waals surface area (Å²) in [6.07, 6.45) is 4.78. The van der Waals surface area contributed by atoms with Crippen molar-refractivity contribution in [2.75, 3.05) is 28.8 Å². The highest BCUT2D eigenvalue weighted by Gasteiger charge is 1.89. The molecule has 0 aliphatic rings. The van der Waals surface area contributed by atoms with Crippen molar-refractivity contribution in [1.29, 1.82) is 0 Å². The van der Waals surface area contributed by atoms with Crippen LogP contribution >= 0.6 is 35.3 Å². The first-order chi connectivity index (χ1) is 5.41. The standard InChI is InChI=1S/C8H16S3/c1-3-4-10-7-8-11-6-5-9-2/h1-8H2. The molecule has 0 saturated heterocycles. The topological polar surface area (TPSA) is 0 Å². The van der Waals surface area contributed by atoms with E-state index in [1.807, 2.05) is 23.5 Å². The Morgan fingerprint density at radius 1 is 0.818 bits per heavy atom. The molecule has 0 spiro atoms.